The van der Waals surface area contributed by atoms with Crippen LogP contribution in [0.15, 0.2) is 4.90 Å². The maximum atomic E-state index is 12.6. The molecule has 0 fully saturated rings. The predicted molar refractivity (Wildman–Crippen MR) is 84.6 cm³/mol. The summed E-state index contributed by atoms with van der Waals surface area (Å²) in [5, 5.41) is 8.05. The van der Waals surface area contributed by atoms with Gasteiger partial charge in [0.05, 0.1) is 4.90 Å². The Balaban J connectivity index is 3.61. The first-order valence-corrected chi connectivity index (χ1v) is 8.82. The molecule has 0 aliphatic carbocycles. The van der Waals surface area contributed by atoms with Gasteiger partial charge >= 0.3 is 24.2 Å². The molecule has 7 nitrogen and oxygen atoms in total. The highest BCUT2D eigenvalue weighted by Crippen LogP contribution is 2.34. The first-order valence-electron chi connectivity index (χ1n) is 7.27. The summed E-state index contributed by atoms with van der Waals surface area (Å²) in [5.74, 6) is -4.77. The second-order valence-electron chi connectivity index (χ2n) is 5.74. The van der Waals surface area contributed by atoms with E-state index >= 15 is 0 Å². The van der Waals surface area contributed by atoms with Crippen LogP contribution in [0.1, 0.15) is 22.3 Å². The highest BCUT2D eigenvalue weighted by molar-refractivity contribution is 7.89. The smallest absolute Gasteiger partial charge is 0.344 e. The molecule has 0 saturated carbocycles. The van der Waals surface area contributed by atoms with Crippen molar-refractivity contribution in [2.75, 3.05) is 5.32 Å². The van der Waals surface area contributed by atoms with Crippen molar-refractivity contribution in [3.63, 3.8) is 0 Å². The second-order valence-corrected chi connectivity index (χ2v) is 7.23. The van der Waals surface area contributed by atoms with Crippen LogP contribution in [0.3, 0.4) is 0 Å². The minimum Gasteiger partial charge on any atom is -0.344 e. The number of hydrogen-bond donors (Lipinski definition) is 3. The van der Waals surface area contributed by atoms with Crippen LogP contribution in [0.25, 0.3) is 0 Å². The zero-order valence-electron chi connectivity index (χ0n) is 14.6. The molecule has 0 bridgehead atoms. The van der Waals surface area contributed by atoms with E-state index in [2.05, 4.69) is 0 Å². The van der Waals surface area contributed by atoms with Crippen LogP contribution < -0.4 is 15.8 Å². The molecule has 0 heterocycles. The number of sulfonamides is 1. The average Bonchev–Trinajstić information content (AvgIpc) is 2.47. The molecule has 1 aromatic rings. The molecule has 0 unspecified atom stereocenters. The van der Waals surface area contributed by atoms with Crippen molar-refractivity contribution >= 4 is 27.5 Å². The minimum absolute atomic E-state index is 0.164. The number of halogens is 6. The van der Waals surface area contributed by atoms with Gasteiger partial charge in [-0.3, -0.25) is 9.59 Å². The predicted octanol–water partition coefficient (Wildman–Crippen LogP) is 1.94. The number of carbonyl (C=O) groups is 2. The van der Waals surface area contributed by atoms with Crippen LogP contribution in [0.2, 0.25) is 0 Å². The summed E-state index contributed by atoms with van der Waals surface area (Å²) in [4.78, 5) is 21.6. The number of amides is 2. The summed E-state index contributed by atoms with van der Waals surface area (Å²) in [6.07, 6.45) is -10.5. The molecule has 0 radical (unpaired) electrons. The number of nitrogens with one attached hydrogen (secondary N) is 2. The molecule has 28 heavy (non-hydrogen) atoms. The third kappa shape index (κ3) is 5.13. The Morgan fingerprint density at radius 3 is 1.75 bits per heavy atom. The Morgan fingerprint density at radius 2 is 1.36 bits per heavy atom. The van der Waals surface area contributed by atoms with Gasteiger partial charge in [0.1, 0.15) is 0 Å². The number of primary sulfonamides is 1. The summed E-state index contributed by atoms with van der Waals surface area (Å²) in [7, 11) is -4.53. The zero-order valence-corrected chi connectivity index (χ0v) is 15.4. The van der Waals surface area contributed by atoms with Crippen LogP contribution in [0.5, 0.6) is 0 Å². The van der Waals surface area contributed by atoms with Crippen molar-refractivity contribution in [3.8, 4) is 0 Å². The summed E-state index contributed by atoms with van der Waals surface area (Å²) >= 11 is 0. The van der Waals surface area contributed by atoms with Gasteiger partial charge in [0, 0.05) is 12.2 Å². The summed E-state index contributed by atoms with van der Waals surface area (Å²) in [6.45, 7) is 2.51. The molecule has 0 saturated heterocycles. The van der Waals surface area contributed by atoms with E-state index in [0.29, 0.717) is 0 Å². The van der Waals surface area contributed by atoms with E-state index in [-0.39, 0.29) is 22.3 Å². The standard InChI is InChI=1S/C14H15F6N3O4S/c1-5-8(4-22-11(24)13(15,16)17)6(2)10(28(21,26)27)7(3)9(5)23-12(25)14(18,19)20/h4H2,1-3H3,(H,22,24)(H,23,25)(H2,21,26,27). The quantitative estimate of drug-likeness (QED) is 0.627. The van der Waals surface area contributed by atoms with Gasteiger partial charge in [-0.05, 0) is 43.0 Å². The zero-order chi connectivity index (χ0) is 22.2. The van der Waals surface area contributed by atoms with Crippen molar-refractivity contribution in [1.82, 2.24) is 5.32 Å². The highest BCUT2D eigenvalue weighted by atomic mass is 32.2. The fourth-order valence-electron chi connectivity index (χ4n) is 2.58. The van der Waals surface area contributed by atoms with Gasteiger partial charge in [0.15, 0.2) is 0 Å². The van der Waals surface area contributed by atoms with Gasteiger partial charge in [-0.25, -0.2) is 13.6 Å². The van der Waals surface area contributed by atoms with Crippen molar-refractivity contribution in [2.45, 2.75) is 44.6 Å². The van der Waals surface area contributed by atoms with E-state index in [1.165, 1.54) is 10.6 Å². The summed E-state index contributed by atoms with van der Waals surface area (Å²) in [5.41, 5.74) is -1.51. The number of anilines is 1. The van der Waals surface area contributed by atoms with Crippen molar-refractivity contribution in [1.29, 1.82) is 0 Å². The molecule has 0 aliphatic rings. The number of carbonyl (C=O) groups excluding carboxylic acids is 2. The number of alkyl halides is 6. The van der Waals surface area contributed by atoms with Crippen LogP contribution in [0.4, 0.5) is 32.0 Å². The summed E-state index contributed by atoms with van der Waals surface area (Å²) in [6, 6.07) is 0. The maximum Gasteiger partial charge on any atom is 0.471 e. The van der Waals surface area contributed by atoms with Crippen molar-refractivity contribution in [2.24, 2.45) is 5.14 Å². The first kappa shape index (κ1) is 23.7. The lowest BCUT2D eigenvalue weighted by Crippen LogP contribution is -2.37. The van der Waals surface area contributed by atoms with Crippen molar-refractivity contribution < 1.29 is 44.3 Å². The van der Waals surface area contributed by atoms with Gasteiger partial charge in [-0.1, -0.05) is 0 Å². The van der Waals surface area contributed by atoms with E-state index in [4.69, 9.17) is 5.14 Å². The largest absolute Gasteiger partial charge is 0.471 e. The molecule has 0 aromatic heterocycles. The molecule has 1 rings (SSSR count). The monoisotopic (exact) mass is 435 g/mol. The second kappa shape index (κ2) is 7.58. The molecular weight excluding hydrogens is 420 g/mol. The Bertz CT molecular complexity index is 923. The Labute approximate surface area is 155 Å². The Kier molecular flexibility index (Phi) is 6.41. The molecular formula is C14H15F6N3O4S. The first-order chi connectivity index (χ1) is 12.4. The van der Waals surface area contributed by atoms with Gasteiger partial charge in [0.2, 0.25) is 10.0 Å². The van der Waals surface area contributed by atoms with E-state index < -0.39 is 51.3 Å². The Morgan fingerprint density at radius 1 is 0.893 bits per heavy atom. The third-order valence-electron chi connectivity index (χ3n) is 3.80. The van der Waals surface area contributed by atoms with E-state index in [9.17, 15) is 44.3 Å². The fraction of sp³-hybridized carbons (Fsp3) is 0.429. The lowest BCUT2D eigenvalue weighted by Gasteiger charge is -2.22. The molecule has 0 aliphatic heterocycles. The van der Waals surface area contributed by atoms with E-state index in [1.807, 2.05) is 0 Å². The lowest BCUT2D eigenvalue weighted by molar-refractivity contribution is -0.173. The molecule has 14 heteroatoms. The molecule has 0 spiro atoms. The van der Waals surface area contributed by atoms with E-state index in [0.717, 1.165) is 20.8 Å². The lowest BCUT2D eigenvalue weighted by atomic mass is 9.96. The molecule has 1 aromatic carbocycles. The van der Waals surface area contributed by atoms with Gasteiger partial charge < -0.3 is 10.6 Å². The fourth-order valence-corrected chi connectivity index (χ4v) is 3.66. The van der Waals surface area contributed by atoms with Crippen LogP contribution >= 0.6 is 0 Å². The topological polar surface area (TPSA) is 118 Å². The van der Waals surface area contributed by atoms with E-state index in [1.54, 1.807) is 0 Å². The number of hydrogen-bond acceptors (Lipinski definition) is 4. The number of rotatable bonds is 4. The maximum absolute atomic E-state index is 12.6. The van der Waals surface area contributed by atoms with Crippen LogP contribution in [-0.4, -0.2) is 32.6 Å². The molecule has 2 amide bonds. The molecule has 4 N–H and O–H groups in total. The third-order valence-corrected chi connectivity index (χ3v) is 4.98. The van der Waals surface area contributed by atoms with Gasteiger partial charge in [-0.2, -0.15) is 26.3 Å². The van der Waals surface area contributed by atoms with Crippen molar-refractivity contribution in [3.05, 3.63) is 22.3 Å². The normalized spacial score (nSPS) is 12.6. The van der Waals surface area contributed by atoms with Crippen LogP contribution in [0, 0.1) is 20.8 Å². The highest BCUT2D eigenvalue weighted by Gasteiger charge is 2.40. The number of benzene rings is 1. The number of nitrogens with two attached hydrogens (primary N) is 1. The molecule has 158 valence electrons. The minimum atomic E-state index is -5.31. The SMILES string of the molecule is Cc1c(CNC(=O)C(F)(F)F)c(C)c(S(N)(=O)=O)c(C)c1NC(=O)C(F)(F)F. The van der Waals surface area contributed by atoms with Gasteiger partial charge in [0.25, 0.3) is 0 Å². The van der Waals surface area contributed by atoms with Gasteiger partial charge in [-0.15, -0.1) is 0 Å². The van der Waals surface area contributed by atoms with Crippen LogP contribution in [-0.2, 0) is 26.2 Å². The molecule has 0 atom stereocenters. The Hall–Kier alpha value is -2.35. The average molecular weight is 435 g/mol. The summed E-state index contributed by atoms with van der Waals surface area (Å²) < 4.78 is 98.4.